The molecule has 0 aliphatic rings. The number of sulfonamides is 2. The molecule has 0 bridgehead atoms. The standard InChI is InChI=1S/C15H25N3O5S3/c1-4-11-6-7-12(10-14(11)26(16,22)23)17-15(19)13(8-9-24-3)18-25(20,21)5-2/h6-7,10,13,18H,4-5,8-9H2,1-3H3,(H,17,19)(H2,16,22,23). The van der Waals surface area contributed by atoms with Crippen molar-refractivity contribution in [1.29, 1.82) is 0 Å². The molecule has 1 atom stereocenters. The Morgan fingerprint density at radius 3 is 2.38 bits per heavy atom. The maximum Gasteiger partial charge on any atom is 0.242 e. The van der Waals surface area contributed by atoms with E-state index in [1.807, 2.05) is 6.26 Å². The van der Waals surface area contributed by atoms with Crippen molar-refractivity contribution in [2.24, 2.45) is 5.14 Å². The molecule has 0 heterocycles. The quantitative estimate of drug-likeness (QED) is 0.511. The molecule has 4 N–H and O–H groups in total. The number of amides is 1. The number of hydrogen-bond donors (Lipinski definition) is 3. The minimum absolute atomic E-state index is 0.0624. The molecule has 1 aromatic rings. The van der Waals surface area contributed by atoms with Crippen molar-refractivity contribution >= 4 is 43.4 Å². The second kappa shape index (κ2) is 9.70. The van der Waals surface area contributed by atoms with E-state index >= 15 is 0 Å². The van der Waals surface area contributed by atoms with E-state index in [1.54, 1.807) is 19.1 Å². The van der Waals surface area contributed by atoms with Crippen LogP contribution in [0.15, 0.2) is 23.1 Å². The van der Waals surface area contributed by atoms with Gasteiger partial charge in [-0.05, 0) is 49.5 Å². The second-order valence-electron chi connectivity index (χ2n) is 5.57. The monoisotopic (exact) mass is 423 g/mol. The van der Waals surface area contributed by atoms with E-state index in [2.05, 4.69) is 10.0 Å². The molecule has 1 rings (SSSR count). The van der Waals surface area contributed by atoms with Crippen LogP contribution in [0.4, 0.5) is 5.69 Å². The van der Waals surface area contributed by atoms with E-state index in [1.165, 1.54) is 24.8 Å². The summed E-state index contributed by atoms with van der Waals surface area (Å²) in [6, 6.07) is 3.47. The minimum atomic E-state index is -3.94. The Labute approximate surface area is 159 Å². The Hall–Kier alpha value is -1.14. The molecule has 1 unspecified atom stereocenters. The number of primary sulfonamides is 1. The fourth-order valence-corrected chi connectivity index (χ4v) is 4.36. The molecular weight excluding hydrogens is 398 g/mol. The summed E-state index contributed by atoms with van der Waals surface area (Å²) in [5.74, 6) is -0.112. The third-order valence-corrected chi connectivity index (χ3v) is 6.69. The van der Waals surface area contributed by atoms with Crippen LogP contribution in [0.3, 0.4) is 0 Å². The molecule has 1 amide bonds. The normalized spacial score (nSPS) is 13.4. The molecule has 26 heavy (non-hydrogen) atoms. The van der Waals surface area contributed by atoms with Crippen molar-refractivity contribution in [3.05, 3.63) is 23.8 Å². The van der Waals surface area contributed by atoms with Crippen molar-refractivity contribution in [1.82, 2.24) is 4.72 Å². The van der Waals surface area contributed by atoms with Gasteiger partial charge in [-0.2, -0.15) is 11.8 Å². The van der Waals surface area contributed by atoms with E-state index in [0.29, 0.717) is 24.2 Å². The van der Waals surface area contributed by atoms with Gasteiger partial charge in [0, 0.05) is 5.69 Å². The van der Waals surface area contributed by atoms with E-state index in [0.717, 1.165) is 0 Å². The predicted octanol–water partition coefficient (Wildman–Crippen LogP) is 0.896. The molecule has 148 valence electrons. The highest BCUT2D eigenvalue weighted by Crippen LogP contribution is 2.21. The van der Waals surface area contributed by atoms with Gasteiger partial charge in [-0.1, -0.05) is 13.0 Å². The highest BCUT2D eigenvalue weighted by molar-refractivity contribution is 7.98. The van der Waals surface area contributed by atoms with Crippen LogP contribution in [0.2, 0.25) is 0 Å². The van der Waals surface area contributed by atoms with E-state index < -0.39 is 32.0 Å². The zero-order valence-electron chi connectivity index (χ0n) is 15.0. The summed E-state index contributed by atoms with van der Waals surface area (Å²) < 4.78 is 49.4. The number of thioether (sulfide) groups is 1. The van der Waals surface area contributed by atoms with Crippen LogP contribution >= 0.6 is 11.8 Å². The number of rotatable bonds is 10. The first-order valence-corrected chi connectivity index (χ1v) is 12.6. The van der Waals surface area contributed by atoms with Gasteiger partial charge in [0.1, 0.15) is 6.04 Å². The number of carbonyl (C=O) groups is 1. The average molecular weight is 424 g/mol. The fourth-order valence-electron chi connectivity index (χ4n) is 2.20. The van der Waals surface area contributed by atoms with Gasteiger partial charge < -0.3 is 5.32 Å². The van der Waals surface area contributed by atoms with Crippen molar-refractivity contribution < 1.29 is 21.6 Å². The summed E-state index contributed by atoms with van der Waals surface area (Å²) in [4.78, 5) is 12.4. The molecule has 8 nitrogen and oxygen atoms in total. The van der Waals surface area contributed by atoms with Crippen molar-refractivity contribution in [3.8, 4) is 0 Å². The zero-order chi connectivity index (χ0) is 20.0. The summed E-state index contributed by atoms with van der Waals surface area (Å²) in [5, 5.41) is 7.79. The van der Waals surface area contributed by atoms with Crippen LogP contribution in [-0.2, 0) is 31.3 Å². The van der Waals surface area contributed by atoms with E-state index in [-0.39, 0.29) is 16.3 Å². The number of benzene rings is 1. The maximum absolute atomic E-state index is 12.5. The SMILES string of the molecule is CCc1ccc(NC(=O)C(CCSC)NS(=O)(=O)CC)cc1S(N)(=O)=O. The van der Waals surface area contributed by atoms with E-state index in [9.17, 15) is 21.6 Å². The van der Waals surface area contributed by atoms with Crippen LogP contribution in [0.1, 0.15) is 25.8 Å². The van der Waals surface area contributed by atoms with Gasteiger partial charge in [0.25, 0.3) is 0 Å². The van der Waals surface area contributed by atoms with Gasteiger partial charge in [0.2, 0.25) is 26.0 Å². The summed E-state index contributed by atoms with van der Waals surface area (Å²) >= 11 is 1.49. The van der Waals surface area contributed by atoms with Gasteiger partial charge in [0.15, 0.2) is 0 Å². The van der Waals surface area contributed by atoms with Crippen molar-refractivity contribution in [2.45, 2.75) is 37.6 Å². The molecule has 0 fully saturated rings. The second-order valence-corrected chi connectivity index (χ2v) is 10.1. The Bertz CT molecular complexity index is 838. The number of nitrogens with one attached hydrogen (secondary N) is 2. The number of hydrogen-bond acceptors (Lipinski definition) is 6. The van der Waals surface area contributed by atoms with Crippen LogP contribution in [0.25, 0.3) is 0 Å². The molecule has 0 saturated heterocycles. The highest BCUT2D eigenvalue weighted by Gasteiger charge is 2.24. The Kier molecular flexibility index (Phi) is 8.54. The number of anilines is 1. The maximum atomic E-state index is 12.5. The van der Waals surface area contributed by atoms with Crippen LogP contribution in [0.5, 0.6) is 0 Å². The highest BCUT2D eigenvalue weighted by atomic mass is 32.2. The summed E-state index contributed by atoms with van der Waals surface area (Å²) in [6.45, 7) is 3.27. The average Bonchev–Trinajstić information content (AvgIpc) is 2.57. The Morgan fingerprint density at radius 1 is 1.23 bits per heavy atom. The van der Waals surface area contributed by atoms with Gasteiger partial charge in [-0.15, -0.1) is 0 Å². The third kappa shape index (κ3) is 6.88. The molecule has 0 aromatic heterocycles. The fraction of sp³-hybridized carbons (Fsp3) is 0.533. The van der Waals surface area contributed by atoms with Gasteiger partial charge in [-0.25, -0.2) is 26.7 Å². The largest absolute Gasteiger partial charge is 0.325 e. The van der Waals surface area contributed by atoms with Crippen molar-refractivity contribution in [3.63, 3.8) is 0 Å². The molecule has 0 radical (unpaired) electrons. The Morgan fingerprint density at radius 2 is 1.88 bits per heavy atom. The number of aryl methyl sites for hydroxylation is 1. The van der Waals surface area contributed by atoms with Gasteiger partial charge in [-0.3, -0.25) is 4.79 Å². The lowest BCUT2D eigenvalue weighted by Gasteiger charge is -2.18. The summed E-state index contributed by atoms with van der Waals surface area (Å²) in [6.07, 6.45) is 2.62. The molecule has 11 heteroatoms. The van der Waals surface area contributed by atoms with Crippen LogP contribution in [-0.4, -0.2) is 46.5 Å². The first-order chi connectivity index (χ1) is 12.0. The topological polar surface area (TPSA) is 135 Å². The predicted molar refractivity (Wildman–Crippen MR) is 105 cm³/mol. The summed E-state index contributed by atoms with van der Waals surface area (Å²) in [5.41, 5.74) is 0.775. The number of carbonyl (C=O) groups excluding carboxylic acids is 1. The summed E-state index contributed by atoms with van der Waals surface area (Å²) in [7, 11) is -7.50. The molecule has 0 saturated carbocycles. The molecule has 0 aliphatic carbocycles. The van der Waals surface area contributed by atoms with Gasteiger partial charge >= 0.3 is 0 Å². The van der Waals surface area contributed by atoms with E-state index in [4.69, 9.17) is 5.14 Å². The molecular formula is C15H25N3O5S3. The van der Waals surface area contributed by atoms with Gasteiger partial charge in [0.05, 0.1) is 10.6 Å². The van der Waals surface area contributed by atoms with Crippen LogP contribution < -0.4 is 15.2 Å². The van der Waals surface area contributed by atoms with Crippen molar-refractivity contribution in [2.75, 3.05) is 23.1 Å². The first kappa shape index (κ1) is 22.9. The third-order valence-electron chi connectivity index (χ3n) is 3.65. The smallest absolute Gasteiger partial charge is 0.242 e. The lowest BCUT2D eigenvalue weighted by molar-refractivity contribution is -0.117. The first-order valence-electron chi connectivity index (χ1n) is 7.99. The lowest BCUT2D eigenvalue weighted by atomic mass is 10.1. The molecule has 0 aliphatic heterocycles. The lowest BCUT2D eigenvalue weighted by Crippen LogP contribution is -2.44. The number of nitrogens with two attached hydrogens (primary N) is 1. The molecule has 0 spiro atoms. The molecule has 1 aromatic carbocycles. The Balaban J connectivity index is 3.08. The van der Waals surface area contributed by atoms with Crippen LogP contribution in [0, 0.1) is 0 Å². The minimum Gasteiger partial charge on any atom is -0.325 e. The zero-order valence-corrected chi connectivity index (χ0v) is 17.4.